The number of anilines is 1. The van der Waals surface area contributed by atoms with E-state index in [0.29, 0.717) is 40.1 Å². The van der Waals surface area contributed by atoms with Crippen molar-refractivity contribution in [1.82, 2.24) is 0 Å². The number of nitrogens with one attached hydrogen (secondary N) is 1. The van der Waals surface area contributed by atoms with Crippen LogP contribution in [0.25, 0.3) is 6.08 Å². The highest BCUT2D eigenvalue weighted by Crippen LogP contribution is 2.33. The molecule has 1 heterocycles. The van der Waals surface area contributed by atoms with Gasteiger partial charge in [-0.2, -0.15) is 13.2 Å². The van der Waals surface area contributed by atoms with Crippen LogP contribution in [0.15, 0.2) is 47.5 Å². The minimum absolute atomic E-state index is 0. The molecule has 7 heteroatoms. The summed E-state index contributed by atoms with van der Waals surface area (Å²) in [7, 11) is 0. The zero-order valence-corrected chi connectivity index (χ0v) is 14.4. The van der Waals surface area contributed by atoms with Crippen molar-refractivity contribution in [2.24, 2.45) is 4.99 Å². The molecule has 138 valence electrons. The van der Waals surface area contributed by atoms with Gasteiger partial charge in [-0.1, -0.05) is 42.8 Å². The van der Waals surface area contributed by atoms with E-state index in [4.69, 9.17) is 23.2 Å². The van der Waals surface area contributed by atoms with Crippen LogP contribution in [0, 0.1) is 0 Å². The molecule has 0 fully saturated rings. The summed E-state index contributed by atoms with van der Waals surface area (Å²) >= 11 is 11.9. The van der Waals surface area contributed by atoms with E-state index in [0.717, 1.165) is 17.7 Å². The fourth-order valence-corrected chi connectivity index (χ4v) is 2.78. The molecule has 0 aromatic heterocycles. The number of hydrogen-bond donors (Lipinski definition) is 1. The number of benzene rings is 2. The molecule has 0 saturated carbocycles. The third-order valence-electron chi connectivity index (χ3n) is 3.71. The van der Waals surface area contributed by atoms with Gasteiger partial charge in [0.25, 0.3) is 0 Å². The van der Waals surface area contributed by atoms with Gasteiger partial charge in [-0.15, -0.1) is 0 Å². The van der Waals surface area contributed by atoms with E-state index in [1.807, 2.05) is 0 Å². The third kappa shape index (κ3) is 4.59. The Labute approximate surface area is 160 Å². The summed E-state index contributed by atoms with van der Waals surface area (Å²) in [6, 6.07) is 8.74. The SMILES string of the molecule is C.FC(F)(F)c1ccc2c(c1)C(/C=C/c1ccc(Cl)c(Cl)c1)=NCCN2. The minimum Gasteiger partial charge on any atom is -0.383 e. The van der Waals surface area contributed by atoms with Crippen LogP contribution in [0.3, 0.4) is 0 Å². The number of benzodiazepines with no additional fused rings is 1. The van der Waals surface area contributed by atoms with Crippen LogP contribution in [0.4, 0.5) is 18.9 Å². The van der Waals surface area contributed by atoms with Crippen molar-refractivity contribution in [1.29, 1.82) is 0 Å². The number of hydrogen-bond acceptors (Lipinski definition) is 2. The Morgan fingerprint density at radius 3 is 2.46 bits per heavy atom. The lowest BCUT2D eigenvalue weighted by Gasteiger charge is -2.12. The highest BCUT2D eigenvalue weighted by molar-refractivity contribution is 6.42. The van der Waals surface area contributed by atoms with Crippen LogP contribution < -0.4 is 5.32 Å². The number of allylic oxidation sites excluding steroid dienone is 1. The van der Waals surface area contributed by atoms with Gasteiger partial charge in [0.2, 0.25) is 0 Å². The number of halogens is 5. The molecular weight excluding hydrogens is 384 g/mol. The highest BCUT2D eigenvalue weighted by Gasteiger charge is 2.31. The van der Waals surface area contributed by atoms with Crippen molar-refractivity contribution in [2.45, 2.75) is 13.6 Å². The van der Waals surface area contributed by atoms with Gasteiger partial charge < -0.3 is 5.32 Å². The summed E-state index contributed by atoms with van der Waals surface area (Å²) in [6.45, 7) is 1.03. The van der Waals surface area contributed by atoms with Gasteiger partial charge in [-0.3, -0.25) is 4.99 Å². The van der Waals surface area contributed by atoms with E-state index >= 15 is 0 Å². The molecule has 0 amide bonds. The van der Waals surface area contributed by atoms with Gasteiger partial charge in [0.05, 0.1) is 27.9 Å². The molecule has 0 aliphatic carbocycles. The summed E-state index contributed by atoms with van der Waals surface area (Å²) in [4.78, 5) is 4.38. The van der Waals surface area contributed by atoms with E-state index in [2.05, 4.69) is 10.3 Å². The van der Waals surface area contributed by atoms with Crippen LogP contribution in [-0.4, -0.2) is 18.8 Å². The second-order valence-corrected chi connectivity index (χ2v) is 6.27. The minimum atomic E-state index is -4.40. The largest absolute Gasteiger partial charge is 0.416 e. The molecule has 26 heavy (non-hydrogen) atoms. The monoisotopic (exact) mass is 400 g/mol. The Hall–Kier alpha value is -1.98. The Balaban J connectivity index is 0.00000243. The molecule has 0 bridgehead atoms. The van der Waals surface area contributed by atoms with Gasteiger partial charge >= 0.3 is 6.18 Å². The third-order valence-corrected chi connectivity index (χ3v) is 4.45. The van der Waals surface area contributed by atoms with Gasteiger partial charge in [-0.25, -0.2) is 0 Å². The number of fused-ring (bicyclic) bond motifs is 1. The number of aliphatic imine (C=N–C) groups is 1. The molecular formula is C19H17Cl2F3N2. The fourth-order valence-electron chi connectivity index (χ4n) is 2.47. The summed E-state index contributed by atoms with van der Waals surface area (Å²) < 4.78 is 39.0. The van der Waals surface area contributed by atoms with Crippen LogP contribution in [0.5, 0.6) is 0 Å². The molecule has 1 aliphatic rings. The topological polar surface area (TPSA) is 24.4 Å². The average molecular weight is 401 g/mol. The first-order valence-electron chi connectivity index (χ1n) is 7.48. The van der Waals surface area contributed by atoms with Gasteiger partial charge in [0, 0.05) is 17.8 Å². The lowest BCUT2D eigenvalue weighted by molar-refractivity contribution is -0.137. The number of rotatable bonds is 2. The number of nitrogens with zero attached hydrogens (tertiary/aromatic N) is 1. The maximum Gasteiger partial charge on any atom is 0.416 e. The molecule has 0 spiro atoms. The number of alkyl halides is 3. The van der Waals surface area contributed by atoms with Gasteiger partial charge in [0.1, 0.15) is 0 Å². The van der Waals surface area contributed by atoms with E-state index in [9.17, 15) is 13.2 Å². The average Bonchev–Trinajstić information content (AvgIpc) is 2.77. The van der Waals surface area contributed by atoms with Crippen LogP contribution in [-0.2, 0) is 6.18 Å². The lowest BCUT2D eigenvalue weighted by atomic mass is 10.0. The van der Waals surface area contributed by atoms with Crippen LogP contribution in [0.2, 0.25) is 10.0 Å². The van der Waals surface area contributed by atoms with Gasteiger partial charge in [-0.05, 0) is 42.0 Å². The molecule has 2 nitrogen and oxygen atoms in total. The normalized spacial score (nSPS) is 14.1. The zero-order chi connectivity index (χ0) is 18.0. The summed E-state index contributed by atoms with van der Waals surface area (Å²) in [5.41, 5.74) is 1.61. The fraction of sp³-hybridized carbons (Fsp3) is 0.211. The standard InChI is InChI=1S/C18H13Cl2F3N2.CH4/c19-14-4-1-11(9-15(14)20)2-5-16-13-10-12(18(21,22)23)3-6-17(13)25-8-7-24-16;/h1-6,9-10,25H,7-8H2;1H4/b5-2+;. The molecule has 0 unspecified atom stereocenters. The zero-order valence-electron chi connectivity index (χ0n) is 12.9. The van der Waals surface area contributed by atoms with Crippen LogP contribution >= 0.6 is 23.2 Å². The molecule has 0 radical (unpaired) electrons. The molecule has 2 aromatic rings. The predicted molar refractivity (Wildman–Crippen MR) is 104 cm³/mol. The first-order valence-corrected chi connectivity index (χ1v) is 8.23. The van der Waals surface area contributed by atoms with E-state index in [1.54, 1.807) is 30.4 Å². The Bertz CT molecular complexity index is 858. The quantitative estimate of drug-likeness (QED) is 0.604. The van der Waals surface area contributed by atoms with Crippen molar-refractivity contribution in [3.05, 3.63) is 69.2 Å². The highest BCUT2D eigenvalue weighted by atomic mass is 35.5. The maximum atomic E-state index is 13.0. The van der Waals surface area contributed by atoms with Crippen molar-refractivity contribution >= 4 is 40.7 Å². The molecule has 0 saturated heterocycles. The van der Waals surface area contributed by atoms with Crippen molar-refractivity contribution in [3.8, 4) is 0 Å². The lowest BCUT2D eigenvalue weighted by Crippen LogP contribution is -2.09. The Kier molecular flexibility index (Phi) is 6.37. The van der Waals surface area contributed by atoms with Crippen molar-refractivity contribution < 1.29 is 13.2 Å². The first-order chi connectivity index (χ1) is 11.8. The Morgan fingerprint density at radius 2 is 1.77 bits per heavy atom. The molecule has 3 rings (SSSR count). The summed E-state index contributed by atoms with van der Waals surface area (Å²) in [6.07, 6.45) is -0.970. The van der Waals surface area contributed by atoms with E-state index in [1.165, 1.54) is 6.07 Å². The second-order valence-electron chi connectivity index (χ2n) is 5.46. The van der Waals surface area contributed by atoms with Crippen LogP contribution in [0.1, 0.15) is 24.1 Å². The molecule has 1 aliphatic heterocycles. The Morgan fingerprint density at radius 1 is 1.00 bits per heavy atom. The first kappa shape index (κ1) is 20.3. The maximum absolute atomic E-state index is 13.0. The second kappa shape index (κ2) is 8.14. The van der Waals surface area contributed by atoms with Crippen molar-refractivity contribution in [3.63, 3.8) is 0 Å². The van der Waals surface area contributed by atoms with E-state index in [-0.39, 0.29) is 7.43 Å². The molecule has 1 N–H and O–H groups in total. The van der Waals surface area contributed by atoms with Gasteiger partial charge in [0.15, 0.2) is 0 Å². The summed E-state index contributed by atoms with van der Waals surface area (Å²) in [5, 5.41) is 3.94. The van der Waals surface area contributed by atoms with Crippen molar-refractivity contribution in [2.75, 3.05) is 18.4 Å². The predicted octanol–water partition coefficient (Wildman–Crippen LogP) is 6.58. The molecule has 0 atom stereocenters. The summed E-state index contributed by atoms with van der Waals surface area (Å²) in [5.74, 6) is 0. The molecule has 2 aromatic carbocycles. The van der Waals surface area contributed by atoms with E-state index < -0.39 is 11.7 Å². The smallest absolute Gasteiger partial charge is 0.383 e.